The topological polar surface area (TPSA) is 53.9 Å². The normalized spacial score (nSPS) is 19.9. The molecular weight excluding hydrogens is 358 g/mol. The molecule has 138 valence electrons. The number of hydrogen-bond donors (Lipinski definition) is 1. The number of piperazine rings is 1. The average Bonchev–Trinajstić information content (AvgIpc) is 2.68. The fourth-order valence-corrected chi connectivity index (χ4v) is 3.67. The van der Waals surface area contributed by atoms with Crippen molar-refractivity contribution in [3.8, 4) is 22.6 Å². The highest BCUT2D eigenvalue weighted by Crippen LogP contribution is 2.30. The zero-order chi connectivity index (χ0) is 18.8. The smallest absolute Gasteiger partial charge is 0.183 e. The van der Waals surface area contributed by atoms with Crippen LogP contribution in [0.2, 0.25) is 5.02 Å². The van der Waals surface area contributed by atoms with Gasteiger partial charge in [0.05, 0.1) is 0 Å². The molecule has 0 spiro atoms. The van der Waals surface area contributed by atoms with Gasteiger partial charge in [-0.3, -0.25) is 0 Å². The Morgan fingerprint density at radius 3 is 2.22 bits per heavy atom. The predicted octanol–water partition coefficient (Wildman–Crippen LogP) is 4.05. The van der Waals surface area contributed by atoms with Crippen LogP contribution >= 0.6 is 11.6 Å². The molecule has 5 nitrogen and oxygen atoms in total. The minimum atomic E-state index is 0.381. The van der Waals surface area contributed by atoms with Crippen LogP contribution < -0.4 is 10.2 Å². The third-order valence-electron chi connectivity index (χ3n) is 4.68. The lowest BCUT2D eigenvalue weighted by molar-refractivity contribution is 0.405. The van der Waals surface area contributed by atoms with Crippen LogP contribution in [0.15, 0.2) is 54.6 Å². The Kier molecular flexibility index (Phi) is 5.05. The Hall–Kier alpha value is -2.50. The lowest BCUT2D eigenvalue weighted by Gasteiger charge is -2.37. The van der Waals surface area contributed by atoms with Gasteiger partial charge in [-0.25, -0.2) is 4.98 Å². The van der Waals surface area contributed by atoms with Gasteiger partial charge in [0.1, 0.15) is 5.69 Å². The molecule has 1 saturated heterocycles. The molecule has 1 aliphatic heterocycles. The number of nitrogens with zero attached hydrogens (tertiary/aromatic N) is 4. The minimum absolute atomic E-state index is 0.381. The molecule has 0 aliphatic carbocycles. The summed E-state index contributed by atoms with van der Waals surface area (Å²) in [4.78, 5) is 7.23. The van der Waals surface area contributed by atoms with E-state index in [2.05, 4.69) is 34.3 Å². The van der Waals surface area contributed by atoms with Crippen LogP contribution in [0.4, 0.5) is 5.82 Å². The minimum Gasteiger partial charge on any atom is -0.352 e. The van der Waals surface area contributed by atoms with Crippen LogP contribution in [-0.4, -0.2) is 40.4 Å². The van der Waals surface area contributed by atoms with Gasteiger partial charge in [-0.1, -0.05) is 41.9 Å². The van der Waals surface area contributed by atoms with Crippen molar-refractivity contribution in [3.63, 3.8) is 0 Å². The Bertz CT molecular complexity index is 904. The van der Waals surface area contributed by atoms with E-state index < -0.39 is 0 Å². The third-order valence-corrected chi connectivity index (χ3v) is 4.93. The van der Waals surface area contributed by atoms with Crippen molar-refractivity contribution in [2.45, 2.75) is 25.9 Å². The highest BCUT2D eigenvalue weighted by atomic mass is 35.5. The summed E-state index contributed by atoms with van der Waals surface area (Å²) in [7, 11) is 0. The van der Waals surface area contributed by atoms with Gasteiger partial charge in [0.15, 0.2) is 11.6 Å². The van der Waals surface area contributed by atoms with Crippen molar-refractivity contribution < 1.29 is 0 Å². The number of aromatic nitrogens is 3. The second-order valence-electron chi connectivity index (χ2n) is 7.05. The van der Waals surface area contributed by atoms with E-state index in [-0.39, 0.29) is 0 Å². The van der Waals surface area contributed by atoms with Crippen LogP contribution in [0.1, 0.15) is 13.8 Å². The van der Waals surface area contributed by atoms with E-state index in [0.717, 1.165) is 35.7 Å². The average molecular weight is 380 g/mol. The molecule has 1 aromatic heterocycles. The Balaban J connectivity index is 1.81. The summed E-state index contributed by atoms with van der Waals surface area (Å²) < 4.78 is 0. The van der Waals surface area contributed by atoms with Crippen molar-refractivity contribution in [2.75, 3.05) is 18.0 Å². The van der Waals surface area contributed by atoms with Gasteiger partial charge in [-0.2, -0.15) is 0 Å². The first-order valence-electron chi connectivity index (χ1n) is 9.17. The van der Waals surface area contributed by atoms with E-state index in [1.807, 2.05) is 54.6 Å². The molecular formula is C21H22ClN5. The quantitative estimate of drug-likeness (QED) is 0.744. The fourth-order valence-electron chi connectivity index (χ4n) is 3.54. The summed E-state index contributed by atoms with van der Waals surface area (Å²) in [5, 5.41) is 13.2. The summed E-state index contributed by atoms with van der Waals surface area (Å²) >= 11 is 6.02. The molecule has 2 atom stereocenters. The predicted molar refractivity (Wildman–Crippen MR) is 110 cm³/mol. The van der Waals surface area contributed by atoms with E-state index >= 15 is 0 Å². The van der Waals surface area contributed by atoms with Gasteiger partial charge in [-0.05, 0) is 38.1 Å². The maximum atomic E-state index is 6.02. The van der Waals surface area contributed by atoms with Crippen molar-refractivity contribution >= 4 is 17.4 Å². The summed E-state index contributed by atoms with van der Waals surface area (Å²) in [6.45, 7) is 6.14. The first-order chi connectivity index (χ1) is 13.1. The number of rotatable bonds is 3. The number of halogens is 1. The van der Waals surface area contributed by atoms with Crippen LogP contribution in [0.3, 0.4) is 0 Å². The number of anilines is 1. The zero-order valence-electron chi connectivity index (χ0n) is 15.4. The molecule has 0 unspecified atom stereocenters. The maximum Gasteiger partial charge on any atom is 0.183 e. The maximum absolute atomic E-state index is 6.02. The van der Waals surface area contributed by atoms with Crippen LogP contribution in [0.25, 0.3) is 22.6 Å². The van der Waals surface area contributed by atoms with Gasteiger partial charge in [0.25, 0.3) is 0 Å². The Morgan fingerprint density at radius 1 is 0.889 bits per heavy atom. The standard InChI is InChI=1S/C21H22ClN5/c1-14-12-27(13-15(2)23-14)21-19(16-6-4-3-5-7-16)25-26-20(24-21)17-8-10-18(22)11-9-17/h3-11,14-15,23H,12-13H2,1-2H3/t14-,15-/m1/s1. The van der Waals surface area contributed by atoms with Crippen molar-refractivity contribution in [1.82, 2.24) is 20.5 Å². The molecule has 2 heterocycles. The van der Waals surface area contributed by atoms with Gasteiger partial charge in [-0.15, -0.1) is 10.2 Å². The molecule has 0 radical (unpaired) electrons. The number of nitrogens with one attached hydrogen (secondary N) is 1. The fraction of sp³-hybridized carbons (Fsp3) is 0.286. The highest BCUT2D eigenvalue weighted by Gasteiger charge is 2.26. The van der Waals surface area contributed by atoms with Gasteiger partial charge in [0.2, 0.25) is 0 Å². The monoisotopic (exact) mass is 379 g/mol. The van der Waals surface area contributed by atoms with Gasteiger partial charge in [0, 0.05) is 41.3 Å². The lowest BCUT2D eigenvalue weighted by Crippen LogP contribution is -2.54. The van der Waals surface area contributed by atoms with E-state index in [1.54, 1.807) is 0 Å². The van der Waals surface area contributed by atoms with E-state index in [1.165, 1.54) is 0 Å². The number of hydrogen-bond acceptors (Lipinski definition) is 5. The van der Waals surface area contributed by atoms with Crippen molar-refractivity contribution in [1.29, 1.82) is 0 Å². The molecule has 0 saturated carbocycles. The molecule has 2 aromatic carbocycles. The van der Waals surface area contributed by atoms with Crippen molar-refractivity contribution in [2.24, 2.45) is 0 Å². The van der Waals surface area contributed by atoms with E-state index in [9.17, 15) is 0 Å². The Morgan fingerprint density at radius 2 is 1.56 bits per heavy atom. The zero-order valence-corrected chi connectivity index (χ0v) is 16.2. The Labute approximate surface area is 164 Å². The molecule has 0 amide bonds. The second-order valence-corrected chi connectivity index (χ2v) is 7.49. The number of benzene rings is 2. The van der Waals surface area contributed by atoms with Crippen LogP contribution in [0.5, 0.6) is 0 Å². The summed E-state index contributed by atoms with van der Waals surface area (Å²) in [6, 6.07) is 18.4. The van der Waals surface area contributed by atoms with Crippen LogP contribution in [0, 0.1) is 0 Å². The first kappa shape index (κ1) is 17.9. The SMILES string of the molecule is C[C@@H]1CN(c2nc(-c3ccc(Cl)cc3)nnc2-c2ccccc2)C[C@@H](C)N1. The third kappa shape index (κ3) is 3.94. The van der Waals surface area contributed by atoms with Gasteiger partial charge >= 0.3 is 0 Å². The van der Waals surface area contributed by atoms with Crippen LogP contribution in [-0.2, 0) is 0 Å². The molecule has 1 N–H and O–H groups in total. The highest BCUT2D eigenvalue weighted by molar-refractivity contribution is 6.30. The first-order valence-corrected chi connectivity index (χ1v) is 9.55. The molecule has 1 fully saturated rings. The summed E-state index contributed by atoms with van der Waals surface area (Å²) in [5.41, 5.74) is 2.74. The van der Waals surface area contributed by atoms with E-state index in [0.29, 0.717) is 22.9 Å². The van der Waals surface area contributed by atoms with Gasteiger partial charge < -0.3 is 10.2 Å². The molecule has 3 aromatic rings. The van der Waals surface area contributed by atoms with Crippen molar-refractivity contribution in [3.05, 3.63) is 59.6 Å². The molecule has 4 rings (SSSR count). The molecule has 6 heteroatoms. The molecule has 27 heavy (non-hydrogen) atoms. The lowest BCUT2D eigenvalue weighted by atomic mass is 10.1. The summed E-state index contributed by atoms with van der Waals surface area (Å²) in [6.07, 6.45) is 0. The largest absolute Gasteiger partial charge is 0.352 e. The second kappa shape index (κ2) is 7.62. The molecule has 1 aliphatic rings. The van der Waals surface area contributed by atoms with E-state index in [4.69, 9.17) is 16.6 Å². The summed E-state index contributed by atoms with van der Waals surface area (Å²) in [5.74, 6) is 1.49. The molecule has 0 bridgehead atoms.